The number of nitrogens with zero attached hydrogens (tertiary/aromatic N) is 1. The second-order valence-electron chi connectivity index (χ2n) is 6.61. The van der Waals surface area contributed by atoms with Crippen LogP contribution in [0.25, 0.3) is 11.1 Å². The summed E-state index contributed by atoms with van der Waals surface area (Å²) in [6.45, 7) is 0.366. The molecule has 4 rings (SSSR count). The van der Waals surface area contributed by atoms with E-state index in [1.807, 2.05) is 24.3 Å². The van der Waals surface area contributed by atoms with E-state index < -0.39 is 6.09 Å². The highest BCUT2D eigenvalue weighted by molar-refractivity contribution is 5.79. The number of carbonyl (C=O) groups is 1. The lowest BCUT2D eigenvalue weighted by Crippen LogP contribution is -2.26. The second-order valence-corrected chi connectivity index (χ2v) is 6.61. The Hall–Kier alpha value is -3.98. The number of anilines is 1. The van der Waals surface area contributed by atoms with Gasteiger partial charge in [-0.1, -0.05) is 60.4 Å². The van der Waals surface area contributed by atoms with Gasteiger partial charge in [0.1, 0.15) is 6.61 Å². The maximum absolute atomic E-state index is 12.1. The fourth-order valence-corrected chi connectivity index (χ4v) is 3.44. The van der Waals surface area contributed by atoms with E-state index >= 15 is 0 Å². The van der Waals surface area contributed by atoms with Crippen molar-refractivity contribution in [1.29, 1.82) is 0 Å². The molecule has 0 bridgehead atoms. The molecule has 6 heteroatoms. The molecule has 1 heterocycles. The lowest BCUT2D eigenvalue weighted by atomic mass is 9.98. The Kier molecular flexibility index (Phi) is 5.04. The van der Waals surface area contributed by atoms with Crippen molar-refractivity contribution < 1.29 is 14.6 Å². The van der Waals surface area contributed by atoms with E-state index in [9.17, 15) is 9.90 Å². The van der Waals surface area contributed by atoms with Crippen LogP contribution in [0.5, 0.6) is 5.75 Å². The molecule has 2 aromatic carbocycles. The minimum atomic E-state index is -0.528. The van der Waals surface area contributed by atoms with Crippen LogP contribution in [0, 0.1) is 11.8 Å². The highest BCUT2D eigenvalue weighted by atomic mass is 16.5. The van der Waals surface area contributed by atoms with Crippen LogP contribution in [0.15, 0.2) is 60.8 Å². The summed E-state index contributed by atoms with van der Waals surface area (Å²) in [5.74, 6) is 5.52. The summed E-state index contributed by atoms with van der Waals surface area (Å²) in [6.07, 6.45) is 0.925. The van der Waals surface area contributed by atoms with Gasteiger partial charge in [0, 0.05) is 23.7 Å². The fourth-order valence-electron chi connectivity index (χ4n) is 3.44. The van der Waals surface area contributed by atoms with E-state index in [2.05, 4.69) is 46.4 Å². The number of hydrogen-bond acceptors (Lipinski definition) is 5. The largest absolute Gasteiger partial charge is 0.504 e. The summed E-state index contributed by atoms with van der Waals surface area (Å²) in [5.41, 5.74) is 10.6. The standard InChI is InChI=1S/C23H19N3O3/c24-22-21(27)12-15(13-26-22)6-5-11-25-23(28)29-14-20-18-9-3-1-7-16(18)17-8-2-4-10-19(17)20/h1-4,7-10,12-13,20,27H,11,14H2,(H2,24,26)(H,25,28). The Balaban J connectivity index is 1.35. The number of ether oxygens (including phenoxy) is 1. The molecule has 1 aliphatic rings. The van der Waals surface area contributed by atoms with Gasteiger partial charge in [-0.25, -0.2) is 9.78 Å². The smallest absolute Gasteiger partial charge is 0.407 e. The van der Waals surface area contributed by atoms with Crippen LogP contribution in [0.3, 0.4) is 0 Å². The highest BCUT2D eigenvalue weighted by Gasteiger charge is 2.28. The van der Waals surface area contributed by atoms with Crippen molar-refractivity contribution in [2.24, 2.45) is 0 Å². The number of aromatic hydroxyl groups is 1. The fraction of sp³-hybridized carbons (Fsp3) is 0.130. The molecule has 6 nitrogen and oxygen atoms in total. The molecule has 0 unspecified atom stereocenters. The number of carbonyl (C=O) groups excluding carboxylic acids is 1. The zero-order chi connectivity index (χ0) is 20.2. The number of rotatable bonds is 3. The minimum absolute atomic E-state index is 0.0167. The number of nitrogens with one attached hydrogen (secondary N) is 1. The van der Waals surface area contributed by atoms with Gasteiger partial charge < -0.3 is 20.9 Å². The molecule has 0 aliphatic heterocycles. The van der Waals surface area contributed by atoms with E-state index in [-0.39, 0.29) is 30.6 Å². The number of nitrogen functional groups attached to an aromatic ring is 1. The molecular formula is C23H19N3O3. The molecule has 144 valence electrons. The third-order valence-corrected chi connectivity index (χ3v) is 4.79. The quantitative estimate of drug-likeness (QED) is 0.601. The normalized spacial score (nSPS) is 11.7. The van der Waals surface area contributed by atoms with Gasteiger partial charge in [0.25, 0.3) is 0 Å². The average Bonchev–Trinajstić information content (AvgIpc) is 3.06. The van der Waals surface area contributed by atoms with Crippen molar-refractivity contribution in [3.05, 3.63) is 77.5 Å². The van der Waals surface area contributed by atoms with Crippen LogP contribution >= 0.6 is 0 Å². The Bertz CT molecular complexity index is 1090. The summed E-state index contributed by atoms with van der Waals surface area (Å²) < 4.78 is 5.44. The number of fused-ring (bicyclic) bond motifs is 3. The molecule has 0 fully saturated rings. The predicted octanol–water partition coefficient (Wildman–Crippen LogP) is 3.26. The zero-order valence-electron chi connectivity index (χ0n) is 15.6. The van der Waals surface area contributed by atoms with Crippen LogP contribution in [0.1, 0.15) is 22.6 Å². The van der Waals surface area contributed by atoms with Gasteiger partial charge >= 0.3 is 6.09 Å². The minimum Gasteiger partial charge on any atom is -0.504 e. The number of alkyl carbamates (subject to hydrolysis) is 1. The lowest BCUT2D eigenvalue weighted by molar-refractivity contribution is 0.144. The van der Waals surface area contributed by atoms with Crippen LogP contribution in [0.2, 0.25) is 0 Å². The first-order valence-electron chi connectivity index (χ1n) is 9.15. The van der Waals surface area contributed by atoms with Gasteiger partial charge in [-0.05, 0) is 22.3 Å². The van der Waals surface area contributed by atoms with Gasteiger partial charge in [0.15, 0.2) is 11.6 Å². The van der Waals surface area contributed by atoms with Gasteiger partial charge in [0.2, 0.25) is 0 Å². The van der Waals surface area contributed by atoms with E-state index in [4.69, 9.17) is 10.5 Å². The van der Waals surface area contributed by atoms with E-state index in [1.165, 1.54) is 23.4 Å². The van der Waals surface area contributed by atoms with Gasteiger partial charge in [-0.15, -0.1) is 0 Å². The summed E-state index contributed by atoms with van der Waals surface area (Å²) in [5, 5.41) is 12.1. The monoisotopic (exact) mass is 385 g/mol. The number of hydrogen-bond donors (Lipinski definition) is 3. The molecule has 0 saturated carbocycles. The Morgan fingerprint density at radius 1 is 1.14 bits per heavy atom. The Morgan fingerprint density at radius 3 is 2.45 bits per heavy atom. The predicted molar refractivity (Wildman–Crippen MR) is 110 cm³/mol. The number of pyridine rings is 1. The van der Waals surface area contributed by atoms with Crippen LogP contribution in [0.4, 0.5) is 10.6 Å². The van der Waals surface area contributed by atoms with Gasteiger partial charge in [0.05, 0.1) is 6.54 Å². The summed E-state index contributed by atoms with van der Waals surface area (Å²) in [6, 6.07) is 17.8. The van der Waals surface area contributed by atoms with Crippen LogP contribution in [-0.4, -0.2) is 29.3 Å². The van der Waals surface area contributed by atoms with Crippen molar-refractivity contribution in [2.45, 2.75) is 5.92 Å². The van der Waals surface area contributed by atoms with E-state index in [0.29, 0.717) is 5.56 Å². The molecule has 0 spiro atoms. The van der Waals surface area contributed by atoms with Crippen LogP contribution < -0.4 is 11.1 Å². The molecule has 1 amide bonds. The van der Waals surface area contributed by atoms with Crippen molar-refractivity contribution in [2.75, 3.05) is 18.9 Å². The highest BCUT2D eigenvalue weighted by Crippen LogP contribution is 2.44. The first kappa shape index (κ1) is 18.4. The van der Waals surface area contributed by atoms with Crippen molar-refractivity contribution >= 4 is 11.9 Å². The average molecular weight is 385 g/mol. The SMILES string of the molecule is Nc1ncc(C#CCNC(=O)OCC2c3ccccc3-c3ccccc32)cc1O. The number of amides is 1. The molecule has 0 saturated heterocycles. The molecule has 29 heavy (non-hydrogen) atoms. The summed E-state index contributed by atoms with van der Waals surface area (Å²) in [4.78, 5) is 15.9. The molecule has 3 aromatic rings. The molecule has 4 N–H and O–H groups in total. The van der Waals surface area contributed by atoms with Crippen molar-refractivity contribution in [3.63, 3.8) is 0 Å². The number of nitrogens with two attached hydrogens (primary N) is 1. The number of benzene rings is 2. The topological polar surface area (TPSA) is 97.5 Å². The first-order valence-corrected chi connectivity index (χ1v) is 9.15. The Labute approximate surface area is 168 Å². The van der Waals surface area contributed by atoms with E-state index in [0.717, 1.165) is 11.1 Å². The van der Waals surface area contributed by atoms with Crippen molar-refractivity contribution in [3.8, 4) is 28.7 Å². The first-order chi connectivity index (χ1) is 14.1. The van der Waals surface area contributed by atoms with Gasteiger partial charge in [-0.2, -0.15) is 0 Å². The molecule has 0 radical (unpaired) electrons. The molecular weight excluding hydrogens is 366 g/mol. The summed E-state index contributed by atoms with van der Waals surface area (Å²) in [7, 11) is 0. The Morgan fingerprint density at radius 2 is 1.79 bits per heavy atom. The maximum atomic E-state index is 12.1. The second kappa shape index (κ2) is 7.95. The van der Waals surface area contributed by atoms with E-state index in [1.54, 1.807) is 0 Å². The molecule has 0 atom stereocenters. The third-order valence-electron chi connectivity index (χ3n) is 4.79. The number of aromatic nitrogens is 1. The summed E-state index contributed by atoms with van der Waals surface area (Å²) >= 11 is 0. The van der Waals surface area contributed by atoms with Crippen LogP contribution in [-0.2, 0) is 4.74 Å². The third kappa shape index (κ3) is 3.85. The van der Waals surface area contributed by atoms with Gasteiger partial charge in [-0.3, -0.25) is 0 Å². The maximum Gasteiger partial charge on any atom is 0.407 e. The molecule has 1 aliphatic carbocycles. The zero-order valence-corrected chi connectivity index (χ0v) is 15.6. The molecule has 1 aromatic heterocycles. The lowest BCUT2D eigenvalue weighted by Gasteiger charge is -2.14. The van der Waals surface area contributed by atoms with Crippen molar-refractivity contribution in [1.82, 2.24) is 10.3 Å².